The maximum atomic E-state index is 12.2. The van der Waals surface area contributed by atoms with Crippen LogP contribution in [0.1, 0.15) is 29.1 Å². The van der Waals surface area contributed by atoms with Crippen molar-refractivity contribution in [2.45, 2.75) is 13.0 Å². The van der Waals surface area contributed by atoms with Gasteiger partial charge >= 0.3 is 0 Å². The summed E-state index contributed by atoms with van der Waals surface area (Å²) < 4.78 is 2.61. The second-order valence-electron chi connectivity index (χ2n) is 4.57. The summed E-state index contributed by atoms with van der Waals surface area (Å²) in [6, 6.07) is 7.10. The first-order valence-corrected chi connectivity index (χ1v) is 7.15. The predicted octanol–water partition coefficient (Wildman–Crippen LogP) is 2.38. The van der Waals surface area contributed by atoms with E-state index >= 15 is 0 Å². The van der Waals surface area contributed by atoms with Crippen LogP contribution in [-0.2, 0) is 0 Å². The van der Waals surface area contributed by atoms with Crippen LogP contribution in [0.15, 0.2) is 47.3 Å². The van der Waals surface area contributed by atoms with Crippen LogP contribution >= 0.6 is 15.9 Å². The van der Waals surface area contributed by atoms with Gasteiger partial charge in [-0.25, -0.2) is 0 Å². The number of nitrogens with one attached hydrogen (secondary N) is 1. The monoisotopic (exact) mass is 345 g/mol. The molecule has 0 aliphatic rings. The molecule has 3 heterocycles. The SMILES string of the molecule is C[C@@H](NC(=O)c1cncc(Br)c1)c1nnc2ccccn12. The first-order valence-electron chi connectivity index (χ1n) is 6.36. The van der Waals surface area contributed by atoms with Gasteiger partial charge in [-0.2, -0.15) is 0 Å². The zero-order valence-electron chi connectivity index (χ0n) is 11.2. The highest BCUT2D eigenvalue weighted by Crippen LogP contribution is 2.14. The Hall–Kier alpha value is -2.28. The highest BCUT2D eigenvalue weighted by atomic mass is 79.9. The number of carbonyl (C=O) groups excluding carboxylic acids is 1. The molecule has 6 nitrogen and oxygen atoms in total. The van der Waals surface area contributed by atoms with Gasteiger partial charge in [-0.1, -0.05) is 6.07 Å². The number of hydrogen-bond donors (Lipinski definition) is 1. The fraction of sp³-hybridized carbons (Fsp3) is 0.143. The lowest BCUT2D eigenvalue weighted by molar-refractivity contribution is 0.0937. The van der Waals surface area contributed by atoms with E-state index in [1.807, 2.05) is 35.7 Å². The zero-order chi connectivity index (χ0) is 14.8. The van der Waals surface area contributed by atoms with Crippen LogP contribution in [0, 0.1) is 0 Å². The van der Waals surface area contributed by atoms with Crippen LogP contribution in [0.2, 0.25) is 0 Å². The summed E-state index contributed by atoms with van der Waals surface area (Å²) in [4.78, 5) is 16.2. The number of rotatable bonds is 3. The largest absolute Gasteiger partial charge is 0.342 e. The number of amides is 1. The van der Waals surface area contributed by atoms with E-state index in [0.717, 1.165) is 10.1 Å². The van der Waals surface area contributed by atoms with Gasteiger partial charge in [0.15, 0.2) is 11.5 Å². The molecule has 0 spiro atoms. The molecule has 106 valence electrons. The predicted molar refractivity (Wildman–Crippen MR) is 80.8 cm³/mol. The molecule has 3 aromatic rings. The van der Waals surface area contributed by atoms with Crippen LogP contribution < -0.4 is 5.32 Å². The number of nitrogens with zero attached hydrogens (tertiary/aromatic N) is 4. The molecule has 1 atom stereocenters. The zero-order valence-corrected chi connectivity index (χ0v) is 12.8. The number of fused-ring (bicyclic) bond motifs is 1. The van der Waals surface area contributed by atoms with Crippen LogP contribution in [-0.4, -0.2) is 25.5 Å². The minimum atomic E-state index is -0.270. The summed E-state index contributed by atoms with van der Waals surface area (Å²) in [6.07, 6.45) is 5.02. The number of hydrogen-bond acceptors (Lipinski definition) is 4. The van der Waals surface area contributed by atoms with Crippen molar-refractivity contribution >= 4 is 27.5 Å². The topological polar surface area (TPSA) is 72.2 Å². The lowest BCUT2D eigenvalue weighted by atomic mass is 10.2. The van der Waals surface area contributed by atoms with E-state index < -0.39 is 0 Å². The Kier molecular flexibility index (Phi) is 3.66. The Morgan fingerprint density at radius 3 is 3.00 bits per heavy atom. The Labute approximate surface area is 129 Å². The number of halogens is 1. The van der Waals surface area contributed by atoms with Crippen molar-refractivity contribution in [3.05, 3.63) is 58.7 Å². The van der Waals surface area contributed by atoms with Gasteiger partial charge in [-0.15, -0.1) is 10.2 Å². The van der Waals surface area contributed by atoms with Crippen molar-refractivity contribution in [2.24, 2.45) is 0 Å². The molecule has 21 heavy (non-hydrogen) atoms. The molecule has 0 unspecified atom stereocenters. The van der Waals surface area contributed by atoms with Crippen LogP contribution in [0.4, 0.5) is 0 Å². The fourth-order valence-electron chi connectivity index (χ4n) is 2.04. The van der Waals surface area contributed by atoms with Gasteiger partial charge in [-0.3, -0.25) is 14.2 Å². The van der Waals surface area contributed by atoms with Crippen LogP contribution in [0.25, 0.3) is 5.65 Å². The Morgan fingerprint density at radius 2 is 2.19 bits per heavy atom. The van der Waals surface area contributed by atoms with Crippen molar-refractivity contribution in [3.8, 4) is 0 Å². The number of carbonyl (C=O) groups is 1. The Balaban J connectivity index is 1.83. The molecule has 0 bridgehead atoms. The lowest BCUT2D eigenvalue weighted by Crippen LogP contribution is -2.28. The minimum Gasteiger partial charge on any atom is -0.342 e. The third kappa shape index (κ3) is 2.78. The average molecular weight is 346 g/mol. The van der Waals surface area contributed by atoms with Crippen molar-refractivity contribution in [2.75, 3.05) is 0 Å². The number of aromatic nitrogens is 4. The van der Waals surface area contributed by atoms with Gasteiger partial charge in [-0.05, 0) is 41.1 Å². The quantitative estimate of drug-likeness (QED) is 0.790. The smallest absolute Gasteiger partial charge is 0.253 e. The van der Waals surface area contributed by atoms with Gasteiger partial charge in [0, 0.05) is 23.1 Å². The third-order valence-corrected chi connectivity index (χ3v) is 3.48. The maximum Gasteiger partial charge on any atom is 0.253 e. The van der Waals surface area contributed by atoms with Crippen LogP contribution in [0.3, 0.4) is 0 Å². The molecule has 0 aliphatic heterocycles. The van der Waals surface area contributed by atoms with Gasteiger partial charge in [0.25, 0.3) is 5.91 Å². The van der Waals surface area contributed by atoms with E-state index in [1.54, 1.807) is 12.3 Å². The molecule has 1 amide bonds. The summed E-state index contributed by atoms with van der Waals surface area (Å²) >= 11 is 3.30. The van der Waals surface area contributed by atoms with E-state index in [-0.39, 0.29) is 11.9 Å². The summed E-state index contributed by atoms with van der Waals surface area (Å²) in [7, 11) is 0. The molecule has 0 saturated heterocycles. The lowest BCUT2D eigenvalue weighted by Gasteiger charge is -2.12. The maximum absolute atomic E-state index is 12.2. The average Bonchev–Trinajstić information content (AvgIpc) is 2.91. The van der Waals surface area contributed by atoms with E-state index in [2.05, 4.69) is 36.4 Å². The summed E-state index contributed by atoms with van der Waals surface area (Å²) in [5.41, 5.74) is 1.24. The van der Waals surface area contributed by atoms with Gasteiger partial charge < -0.3 is 5.32 Å². The Bertz CT molecular complexity index is 801. The van der Waals surface area contributed by atoms with Gasteiger partial charge in [0.05, 0.1) is 11.6 Å². The first kappa shape index (κ1) is 13.7. The van der Waals surface area contributed by atoms with E-state index in [4.69, 9.17) is 0 Å². The highest BCUT2D eigenvalue weighted by Gasteiger charge is 2.16. The molecule has 0 fully saturated rings. The van der Waals surface area contributed by atoms with Gasteiger partial charge in [0.2, 0.25) is 0 Å². The number of pyridine rings is 2. The molecule has 1 N–H and O–H groups in total. The van der Waals surface area contributed by atoms with Crippen molar-refractivity contribution in [1.82, 2.24) is 24.9 Å². The minimum absolute atomic E-state index is 0.205. The van der Waals surface area contributed by atoms with Crippen molar-refractivity contribution in [1.29, 1.82) is 0 Å². The highest BCUT2D eigenvalue weighted by molar-refractivity contribution is 9.10. The second kappa shape index (κ2) is 5.61. The fourth-order valence-corrected chi connectivity index (χ4v) is 2.40. The molecule has 3 aromatic heterocycles. The second-order valence-corrected chi connectivity index (χ2v) is 5.49. The first-order chi connectivity index (χ1) is 10.1. The molecule has 0 radical (unpaired) electrons. The van der Waals surface area contributed by atoms with Gasteiger partial charge in [0.1, 0.15) is 0 Å². The van der Waals surface area contributed by atoms with Crippen molar-refractivity contribution < 1.29 is 4.79 Å². The Morgan fingerprint density at radius 1 is 1.33 bits per heavy atom. The molecule has 7 heteroatoms. The molecular formula is C14H12BrN5O. The summed E-state index contributed by atoms with van der Waals surface area (Å²) in [5, 5.41) is 11.1. The normalized spacial score (nSPS) is 12.3. The molecule has 0 saturated carbocycles. The third-order valence-electron chi connectivity index (χ3n) is 3.04. The molecule has 3 rings (SSSR count). The standard InChI is InChI=1S/C14H12BrN5O/c1-9(13-19-18-12-4-2-3-5-20(12)13)17-14(21)10-6-11(15)8-16-7-10/h2-9H,1H3,(H,17,21)/t9-/m1/s1. The van der Waals surface area contributed by atoms with E-state index in [0.29, 0.717) is 11.4 Å². The molecular weight excluding hydrogens is 334 g/mol. The van der Waals surface area contributed by atoms with Crippen molar-refractivity contribution in [3.63, 3.8) is 0 Å². The van der Waals surface area contributed by atoms with E-state index in [1.165, 1.54) is 6.20 Å². The summed E-state index contributed by atoms with van der Waals surface area (Å²) in [5.74, 6) is 0.478. The molecule has 0 aromatic carbocycles. The summed E-state index contributed by atoms with van der Waals surface area (Å²) in [6.45, 7) is 1.87. The molecule has 0 aliphatic carbocycles. The van der Waals surface area contributed by atoms with Crippen LogP contribution in [0.5, 0.6) is 0 Å². The van der Waals surface area contributed by atoms with E-state index in [9.17, 15) is 4.79 Å².